The van der Waals surface area contributed by atoms with Gasteiger partial charge in [-0.15, -0.1) is 0 Å². The van der Waals surface area contributed by atoms with Crippen molar-refractivity contribution in [3.8, 4) is 5.75 Å². The van der Waals surface area contributed by atoms with E-state index >= 15 is 0 Å². The molecule has 8 heteroatoms. The molecule has 1 aromatic carbocycles. The van der Waals surface area contributed by atoms with Crippen LogP contribution in [-0.4, -0.2) is 12.1 Å². The van der Waals surface area contributed by atoms with Crippen molar-refractivity contribution in [1.82, 2.24) is 4.98 Å². The van der Waals surface area contributed by atoms with Gasteiger partial charge in [0.25, 0.3) is 0 Å². The topological polar surface area (TPSA) is 34.1 Å². The Hall–Kier alpha value is -0.200. The average Bonchev–Trinajstić information content (AvgIpc) is 2.38. The first kappa shape index (κ1) is 16.2. The summed E-state index contributed by atoms with van der Waals surface area (Å²) in [6, 6.07) is 5.19. The summed E-state index contributed by atoms with van der Waals surface area (Å²) in [7, 11) is 1.59. The molecule has 0 aliphatic rings. The Labute approximate surface area is 147 Å². The van der Waals surface area contributed by atoms with Crippen LogP contribution >= 0.6 is 66.7 Å². The molecule has 1 aromatic heterocycles. The number of pyridine rings is 1. The maximum absolute atomic E-state index is 6.08. The lowest BCUT2D eigenvalue weighted by atomic mass is 10.3. The fraction of sp³-hybridized carbons (Fsp3) is 0.0833. The van der Waals surface area contributed by atoms with Gasteiger partial charge in [-0.05, 0) is 44.0 Å². The van der Waals surface area contributed by atoms with Crippen LogP contribution in [0.1, 0.15) is 0 Å². The lowest BCUT2D eigenvalue weighted by Gasteiger charge is -2.13. The molecule has 0 spiro atoms. The van der Waals surface area contributed by atoms with Crippen LogP contribution < -0.4 is 10.1 Å². The summed E-state index contributed by atoms with van der Waals surface area (Å²) >= 11 is 24.7. The largest absolute Gasteiger partial charge is 0.495 e. The molecule has 2 rings (SSSR count). The highest BCUT2D eigenvalue weighted by molar-refractivity contribution is 9.11. The second-order valence-corrected chi connectivity index (χ2v) is 6.56. The SMILES string of the molecule is COc1cc(Nc2nc(Cl)c(Cl)cc2Cl)c(Br)cc1Br. The molecular formula is C12H7Br2Cl3N2O. The summed E-state index contributed by atoms with van der Waals surface area (Å²) in [5.41, 5.74) is 0.734. The van der Waals surface area contributed by atoms with Crippen molar-refractivity contribution in [2.45, 2.75) is 0 Å². The van der Waals surface area contributed by atoms with Crippen LogP contribution in [-0.2, 0) is 0 Å². The van der Waals surface area contributed by atoms with Gasteiger partial charge in [0.1, 0.15) is 10.9 Å². The first-order chi connectivity index (χ1) is 9.42. The molecule has 0 fully saturated rings. The summed E-state index contributed by atoms with van der Waals surface area (Å²) in [6.07, 6.45) is 0. The monoisotopic (exact) mass is 458 g/mol. The van der Waals surface area contributed by atoms with Gasteiger partial charge in [0.15, 0.2) is 5.82 Å². The van der Waals surface area contributed by atoms with Crippen molar-refractivity contribution in [1.29, 1.82) is 0 Å². The molecule has 0 unspecified atom stereocenters. The Morgan fingerprint density at radius 3 is 2.40 bits per heavy atom. The average molecular weight is 461 g/mol. The number of benzene rings is 1. The van der Waals surface area contributed by atoms with Crippen molar-refractivity contribution >= 4 is 78.2 Å². The molecule has 0 aliphatic heterocycles. The molecule has 3 nitrogen and oxygen atoms in total. The minimum atomic E-state index is 0.179. The zero-order chi connectivity index (χ0) is 14.9. The molecule has 0 saturated carbocycles. The molecule has 2 aromatic rings. The van der Waals surface area contributed by atoms with E-state index < -0.39 is 0 Å². The van der Waals surface area contributed by atoms with Gasteiger partial charge < -0.3 is 10.1 Å². The molecule has 0 atom stereocenters. The quantitative estimate of drug-likeness (QED) is 0.544. The van der Waals surface area contributed by atoms with E-state index in [0.717, 1.165) is 14.6 Å². The van der Waals surface area contributed by atoms with Crippen LogP contribution in [0, 0.1) is 0 Å². The van der Waals surface area contributed by atoms with Crippen LogP contribution in [0.4, 0.5) is 11.5 Å². The first-order valence-corrected chi connectivity index (χ1v) is 7.96. The van der Waals surface area contributed by atoms with E-state index in [0.29, 0.717) is 21.6 Å². The molecule has 106 valence electrons. The van der Waals surface area contributed by atoms with Gasteiger partial charge in [-0.1, -0.05) is 34.8 Å². The molecule has 0 amide bonds. The van der Waals surface area contributed by atoms with Crippen molar-refractivity contribution < 1.29 is 4.74 Å². The van der Waals surface area contributed by atoms with Crippen LogP contribution in [0.15, 0.2) is 27.1 Å². The molecular weight excluding hydrogens is 454 g/mol. The molecule has 0 bridgehead atoms. The lowest BCUT2D eigenvalue weighted by molar-refractivity contribution is 0.412. The number of rotatable bonds is 3. The van der Waals surface area contributed by atoms with Crippen LogP contribution in [0.2, 0.25) is 15.2 Å². The summed E-state index contributed by atoms with van der Waals surface area (Å²) < 4.78 is 6.88. The number of nitrogens with one attached hydrogen (secondary N) is 1. The van der Waals surface area contributed by atoms with Crippen LogP contribution in [0.5, 0.6) is 5.75 Å². The van der Waals surface area contributed by atoms with Gasteiger partial charge in [-0.2, -0.15) is 0 Å². The zero-order valence-corrected chi connectivity index (χ0v) is 15.4. The number of methoxy groups -OCH3 is 1. The number of anilines is 2. The van der Waals surface area contributed by atoms with Crippen LogP contribution in [0.3, 0.4) is 0 Å². The smallest absolute Gasteiger partial charge is 0.151 e. The lowest BCUT2D eigenvalue weighted by Crippen LogP contribution is -1.97. The van der Waals surface area contributed by atoms with E-state index in [1.165, 1.54) is 6.07 Å². The Bertz CT molecular complexity index is 668. The number of aromatic nitrogens is 1. The van der Waals surface area contributed by atoms with Gasteiger partial charge in [-0.3, -0.25) is 0 Å². The molecule has 0 aliphatic carbocycles. The predicted octanol–water partition coefficient (Wildman–Crippen LogP) is 6.32. The number of ether oxygens (including phenoxy) is 1. The third-order valence-electron chi connectivity index (χ3n) is 2.38. The van der Waals surface area contributed by atoms with Gasteiger partial charge in [0, 0.05) is 10.5 Å². The second kappa shape index (κ2) is 6.71. The van der Waals surface area contributed by atoms with E-state index in [4.69, 9.17) is 39.5 Å². The number of nitrogens with zero attached hydrogens (tertiary/aromatic N) is 1. The maximum atomic E-state index is 6.08. The number of hydrogen-bond acceptors (Lipinski definition) is 3. The summed E-state index contributed by atoms with van der Waals surface area (Å²) in [4.78, 5) is 4.10. The molecule has 1 N–H and O–H groups in total. The Morgan fingerprint density at radius 2 is 1.75 bits per heavy atom. The fourth-order valence-electron chi connectivity index (χ4n) is 1.44. The molecule has 1 heterocycles. The van der Waals surface area contributed by atoms with Gasteiger partial charge >= 0.3 is 0 Å². The van der Waals surface area contributed by atoms with E-state index in [9.17, 15) is 0 Å². The molecule has 20 heavy (non-hydrogen) atoms. The molecule has 0 saturated heterocycles. The first-order valence-electron chi connectivity index (χ1n) is 5.24. The predicted molar refractivity (Wildman–Crippen MR) is 90.9 cm³/mol. The van der Waals surface area contributed by atoms with Crippen molar-refractivity contribution in [2.24, 2.45) is 0 Å². The van der Waals surface area contributed by atoms with E-state index in [1.54, 1.807) is 13.2 Å². The molecule has 0 radical (unpaired) electrons. The minimum absolute atomic E-state index is 0.179. The van der Waals surface area contributed by atoms with E-state index in [1.807, 2.05) is 6.07 Å². The normalized spacial score (nSPS) is 10.5. The highest BCUT2D eigenvalue weighted by Crippen LogP contribution is 2.37. The highest BCUT2D eigenvalue weighted by atomic mass is 79.9. The third kappa shape index (κ3) is 3.52. The summed E-state index contributed by atoms with van der Waals surface area (Å²) in [5, 5.41) is 3.93. The van der Waals surface area contributed by atoms with Gasteiger partial charge in [0.05, 0.1) is 27.3 Å². The standard InChI is InChI=1S/C12H7Br2Cl3N2O/c1-20-10-4-9(5(13)2-6(10)14)18-12-8(16)3-7(15)11(17)19-12/h2-4H,1H3,(H,18,19). The van der Waals surface area contributed by atoms with Gasteiger partial charge in [-0.25, -0.2) is 4.98 Å². The van der Waals surface area contributed by atoms with Crippen molar-refractivity contribution in [3.05, 3.63) is 42.3 Å². The number of hydrogen-bond donors (Lipinski definition) is 1. The highest BCUT2D eigenvalue weighted by Gasteiger charge is 2.12. The zero-order valence-electron chi connectivity index (χ0n) is 9.98. The van der Waals surface area contributed by atoms with Crippen LogP contribution in [0.25, 0.3) is 0 Å². The second-order valence-electron chi connectivity index (χ2n) is 3.68. The minimum Gasteiger partial charge on any atom is -0.495 e. The van der Waals surface area contributed by atoms with E-state index in [2.05, 4.69) is 42.2 Å². The Kier molecular flexibility index (Phi) is 5.42. The third-order valence-corrected chi connectivity index (χ3v) is 4.62. The van der Waals surface area contributed by atoms with Gasteiger partial charge in [0.2, 0.25) is 0 Å². The summed E-state index contributed by atoms with van der Waals surface area (Å²) in [5.74, 6) is 1.08. The number of halogens is 5. The fourth-order valence-corrected chi connectivity index (χ4v) is 3.24. The maximum Gasteiger partial charge on any atom is 0.151 e. The van der Waals surface area contributed by atoms with Crippen molar-refractivity contribution in [3.63, 3.8) is 0 Å². The van der Waals surface area contributed by atoms with Crippen molar-refractivity contribution in [2.75, 3.05) is 12.4 Å². The Morgan fingerprint density at radius 1 is 1.05 bits per heavy atom. The summed E-state index contributed by atoms with van der Waals surface area (Å²) in [6.45, 7) is 0. The Balaban J connectivity index is 2.42. The van der Waals surface area contributed by atoms with E-state index in [-0.39, 0.29) is 5.15 Å².